The first kappa shape index (κ1) is 20.6. The van der Waals surface area contributed by atoms with Crippen LogP contribution < -0.4 is 10.1 Å². The minimum Gasteiger partial charge on any atom is -0.489 e. The maximum atomic E-state index is 5.87. The topological polar surface area (TPSA) is 47.0 Å². The Bertz CT molecular complexity index is 1240. The van der Waals surface area contributed by atoms with Crippen molar-refractivity contribution in [1.82, 2.24) is 9.97 Å². The summed E-state index contributed by atoms with van der Waals surface area (Å²) in [5.74, 6) is 4.90. The second kappa shape index (κ2) is 9.03. The molecule has 4 rings (SSSR count). The fraction of sp³-hybridized carbons (Fsp3) is 0.154. The molecule has 4 aromatic rings. The van der Waals surface area contributed by atoms with Crippen molar-refractivity contribution in [3.05, 3.63) is 90.3 Å². The van der Waals surface area contributed by atoms with Gasteiger partial charge in [0.1, 0.15) is 32.6 Å². The molecule has 0 aliphatic carbocycles. The number of ether oxygens (including phenoxy) is 1. The number of fused-ring (bicyclic) bond motifs is 1. The van der Waals surface area contributed by atoms with Crippen molar-refractivity contribution in [1.29, 1.82) is 0 Å². The largest absolute Gasteiger partial charge is 0.489 e. The Labute approximate surface area is 184 Å². The van der Waals surface area contributed by atoms with Crippen LogP contribution in [0.2, 0.25) is 19.6 Å². The molecule has 0 bridgehead atoms. The summed E-state index contributed by atoms with van der Waals surface area (Å²) in [5, 5.41) is 4.35. The maximum absolute atomic E-state index is 5.87. The molecule has 0 radical (unpaired) electrons. The zero-order chi connectivity index (χ0) is 21.7. The zero-order valence-electron chi connectivity index (χ0n) is 18.0. The molecule has 0 aliphatic rings. The molecule has 0 saturated carbocycles. The first-order chi connectivity index (χ1) is 15.0. The second-order valence-electron chi connectivity index (χ2n) is 8.38. The second-order valence-corrected chi connectivity index (χ2v) is 13.1. The fourth-order valence-corrected chi connectivity index (χ4v) is 3.53. The molecule has 0 saturated heterocycles. The molecule has 0 fully saturated rings. The Hall–Kier alpha value is -3.62. The van der Waals surface area contributed by atoms with E-state index in [0.717, 1.165) is 39.3 Å². The summed E-state index contributed by atoms with van der Waals surface area (Å²) in [6.07, 6.45) is 1.58. The van der Waals surface area contributed by atoms with Gasteiger partial charge in [-0.2, -0.15) is 0 Å². The lowest BCUT2D eigenvalue weighted by Crippen LogP contribution is -2.16. The van der Waals surface area contributed by atoms with Crippen LogP contribution >= 0.6 is 0 Å². The third-order valence-electron chi connectivity index (χ3n) is 4.58. The molecule has 1 N–H and O–H groups in total. The van der Waals surface area contributed by atoms with Gasteiger partial charge in [-0.05, 0) is 48.0 Å². The van der Waals surface area contributed by atoms with Gasteiger partial charge in [-0.3, -0.25) is 0 Å². The van der Waals surface area contributed by atoms with E-state index in [1.807, 2.05) is 54.6 Å². The predicted molar refractivity (Wildman–Crippen MR) is 130 cm³/mol. The van der Waals surface area contributed by atoms with Crippen LogP contribution in [0.15, 0.2) is 79.1 Å². The monoisotopic (exact) mass is 423 g/mol. The van der Waals surface area contributed by atoms with Crippen molar-refractivity contribution >= 4 is 30.5 Å². The van der Waals surface area contributed by atoms with Crippen LogP contribution in [-0.4, -0.2) is 18.0 Å². The minimum absolute atomic E-state index is 0.547. The van der Waals surface area contributed by atoms with Gasteiger partial charge in [0, 0.05) is 16.6 Å². The standard InChI is InChI=1S/C26H25N3OSi/c1-31(2,3)16-15-20-9-14-25-24(17-20)26(28-19-27-25)29-22-10-12-23(13-11-22)30-18-21-7-5-4-6-8-21/h4-14,17,19H,18H2,1-3H3,(H,27,28,29). The highest BCUT2D eigenvalue weighted by molar-refractivity contribution is 6.83. The highest BCUT2D eigenvalue weighted by Crippen LogP contribution is 2.25. The quantitative estimate of drug-likeness (QED) is 0.307. The highest BCUT2D eigenvalue weighted by Gasteiger charge is 2.09. The number of aromatic nitrogens is 2. The molecule has 1 heterocycles. The van der Waals surface area contributed by atoms with Gasteiger partial charge >= 0.3 is 0 Å². The van der Waals surface area contributed by atoms with Crippen LogP contribution in [0.25, 0.3) is 10.9 Å². The molecule has 1 aromatic heterocycles. The molecule has 5 heteroatoms. The molecular weight excluding hydrogens is 398 g/mol. The third kappa shape index (κ3) is 5.71. The SMILES string of the molecule is C[Si](C)(C)C#Cc1ccc2ncnc(Nc3ccc(OCc4ccccc4)cc3)c2c1. The lowest BCUT2D eigenvalue weighted by atomic mass is 10.1. The van der Waals surface area contributed by atoms with Gasteiger partial charge in [-0.25, -0.2) is 9.97 Å². The van der Waals surface area contributed by atoms with E-state index in [-0.39, 0.29) is 0 Å². The van der Waals surface area contributed by atoms with Gasteiger partial charge in [-0.15, -0.1) is 5.54 Å². The summed E-state index contributed by atoms with van der Waals surface area (Å²) in [6.45, 7) is 7.27. The lowest BCUT2D eigenvalue weighted by molar-refractivity contribution is 0.306. The van der Waals surface area contributed by atoms with Gasteiger partial charge in [0.15, 0.2) is 0 Å². The number of hydrogen-bond acceptors (Lipinski definition) is 4. The normalized spacial score (nSPS) is 10.9. The van der Waals surface area contributed by atoms with E-state index in [1.54, 1.807) is 6.33 Å². The average molecular weight is 424 g/mol. The van der Waals surface area contributed by atoms with Crippen molar-refractivity contribution in [2.24, 2.45) is 0 Å². The van der Waals surface area contributed by atoms with Crippen molar-refractivity contribution in [3.8, 4) is 17.2 Å². The van der Waals surface area contributed by atoms with Crippen LogP contribution in [0.3, 0.4) is 0 Å². The first-order valence-electron chi connectivity index (χ1n) is 10.3. The summed E-state index contributed by atoms with van der Waals surface area (Å²) in [6, 6.07) is 24.1. The van der Waals surface area contributed by atoms with E-state index in [2.05, 4.69) is 64.6 Å². The first-order valence-corrected chi connectivity index (χ1v) is 13.8. The van der Waals surface area contributed by atoms with Gasteiger partial charge in [-0.1, -0.05) is 55.9 Å². The summed E-state index contributed by atoms with van der Waals surface area (Å²) < 4.78 is 5.87. The number of hydrogen-bond donors (Lipinski definition) is 1. The van der Waals surface area contributed by atoms with Gasteiger partial charge in [0.05, 0.1) is 5.52 Å². The number of nitrogens with zero attached hydrogens (tertiary/aromatic N) is 2. The summed E-state index contributed by atoms with van der Waals surface area (Å²) in [5.41, 5.74) is 7.37. The van der Waals surface area contributed by atoms with Crippen LogP contribution in [0.5, 0.6) is 5.75 Å². The molecule has 4 nitrogen and oxygen atoms in total. The Morgan fingerprint density at radius 1 is 0.903 bits per heavy atom. The van der Waals surface area contributed by atoms with E-state index in [1.165, 1.54) is 0 Å². The minimum atomic E-state index is -1.44. The molecule has 0 atom stereocenters. The number of benzene rings is 3. The predicted octanol–water partition coefficient (Wildman–Crippen LogP) is 6.18. The van der Waals surface area contributed by atoms with Crippen LogP contribution in [0, 0.1) is 11.5 Å². The number of anilines is 2. The summed E-state index contributed by atoms with van der Waals surface area (Å²) in [7, 11) is -1.44. The number of nitrogens with one attached hydrogen (secondary N) is 1. The van der Waals surface area contributed by atoms with Gasteiger partial charge in [0.25, 0.3) is 0 Å². The lowest BCUT2D eigenvalue weighted by Gasteiger charge is -2.10. The van der Waals surface area contributed by atoms with E-state index < -0.39 is 8.07 Å². The van der Waals surface area contributed by atoms with Gasteiger partial charge in [0.2, 0.25) is 0 Å². The van der Waals surface area contributed by atoms with Crippen LogP contribution in [0.1, 0.15) is 11.1 Å². The molecule has 154 valence electrons. The fourth-order valence-electron chi connectivity index (χ4n) is 3.01. The Morgan fingerprint density at radius 3 is 2.42 bits per heavy atom. The Balaban J connectivity index is 1.51. The molecule has 0 amide bonds. The van der Waals surface area contributed by atoms with E-state index in [9.17, 15) is 0 Å². The Morgan fingerprint density at radius 2 is 1.68 bits per heavy atom. The molecular formula is C26H25N3OSi. The average Bonchev–Trinajstić information content (AvgIpc) is 2.78. The maximum Gasteiger partial charge on any atom is 0.141 e. The van der Waals surface area contributed by atoms with Crippen molar-refractivity contribution in [2.45, 2.75) is 26.2 Å². The van der Waals surface area contributed by atoms with E-state index in [4.69, 9.17) is 4.74 Å². The molecule has 3 aromatic carbocycles. The van der Waals surface area contributed by atoms with Crippen molar-refractivity contribution in [2.75, 3.05) is 5.32 Å². The smallest absolute Gasteiger partial charge is 0.141 e. The van der Waals surface area contributed by atoms with Crippen molar-refractivity contribution in [3.63, 3.8) is 0 Å². The van der Waals surface area contributed by atoms with Crippen LogP contribution in [-0.2, 0) is 6.61 Å². The van der Waals surface area contributed by atoms with E-state index >= 15 is 0 Å². The molecule has 0 spiro atoms. The molecule has 0 aliphatic heterocycles. The summed E-state index contributed by atoms with van der Waals surface area (Å²) >= 11 is 0. The van der Waals surface area contributed by atoms with Crippen molar-refractivity contribution < 1.29 is 4.74 Å². The highest BCUT2D eigenvalue weighted by atomic mass is 28.3. The van der Waals surface area contributed by atoms with E-state index in [0.29, 0.717) is 6.61 Å². The molecule has 0 unspecified atom stereocenters. The molecule has 31 heavy (non-hydrogen) atoms. The summed E-state index contributed by atoms with van der Waals surface area (Å²) in [4.78, 5) is 8.85. The third-order valence-corrected chi connectivity index (χ3v) is 5.46. The zero-order valence-corrected chi connectivity index (χ0v) is 19.0. The number of rotatable bonds is 5. The van der Waals surface area contributed by atoms with Crippen LogP contribution in [0.4, 0.5) is 11.5 Å². The Kier molecular flexibility index (Phi) is 6.01. The van der Waals surface area contributed by atoms with Gasteiger partial charge < -0.3 is 10.1 Å².